The Balaban J connectivity index is 1.81. The smallest absolute Gasteiger partial charge is 0.222 e. The van der Waals surface area contributed by atoms with Crippen molar-refractivity contribution in [2.24, 2.45) is 0 Å². The van der Waals surface area contributed by atoms with Gasteiger partial charge in [-0.1, -0.05) is 0 Å². The molecule has 0 aliphatic rings. The summed E-state index contributed by atoms with van der Waals surface area (Å²) in [5.41, 5.74) is 0. The van der Waals surface area contributed by atoms with Gasteiger partial charge in [0, 0.05) is 40.5 Å². The SMILES string of the molecule is Ic1cnc(NCCc2nccs2)nc1. The largest absolute Gasteiger partial charge is 0.354 e. The van der Waals surface area contributed by atoms with Gasteiger partial charge in [-0.15, -0.1) is 11.3 Å². The van der Waals surface area contributed by atoms with E-state index >= 15 is 0 Å². The first-order valence-electron chi connectivity index (χ1n) is 4.44. The summed E-state index contributed by atoms with van der Waals surface area (Å²) in [6.45, 7) is 0.814. The van der Waals surface area contributed by atoms with E-state index in [2.05, 4.69) is 42.9 Å². The van der Waals surface area contributed by atoms with Crippen LogP contribution in [0.5, 0.6) is 0 Å². The summed E-state index contributed by atoms with van der Waals surface area (Å²) in [7, 11) is 0. The fourth-order valence-electron chi connectivity index (χ4n) is 1.06. The highest BCUT2D eigenvalue weighted by atomic mass is 127. The number of halogens is 1. The predicted octanol–water partition coefficient (Wildman–Crippen LogP) is 2.19. The minimum absolute atomic E-state index is 0.673. The van der Waals surface area contributed by atoms with Gasteiger partial charge in [0.1, 0.15) is 0 Å². The second-order valence-corrected chi connectivity index (χ2v) is 5.05. The summed E-state index contributed by atoms with van der Waals surface area (Å²) in [6.07, 6.45) is 6.31. The number of hydrogen-bond donors (Lipinski definition) is 1. The van der Waals surface area contributed by atoms with Crippen molar-refractivity contribution in [2.75, 3.05) is 11.9 Å². The Morgan fingerprint density at radius 3 is 2.73 bits per heavy atom. The Morgan fingerprint density at radius 1 is 1.27 bits per heavy atom. The number of nitrogens with one attached hydrogen (secondary N) is 1. The highest BCUT2D eigenvalue weighted by Crippen LogP contribution is 2.06. The van der Waals surface area contributed by atoms with E-state index in [4.69, 9.17) is 0 Å². The van der Waals surface area contributed by atoms with Crippen LogP contribution in [0.4, 0.5) is 5.95 Å². The van der Waals surface area contributed by atoms with Crippen molar-refractivity contribution in [2.45, 2.75) is 6.42 Å². The number of aromatic nitrogens is 3. The summed E-state index contributed by atoms with van der Waals surface area (Å²) in [5.74, 6) is 0.673. The van der Waals surface area contributed by atoms with Crippen molar-refractivity contribution in [3.05, 3.63) is 32.5 Å². The molecule has 0 saturated carbocycles. The Bertz CT molecular complexity index is 401. The molecule has 2 heterocycles. The Hall–Kier alpha value is -0.760. The van der Waals surface area contributed by atoms with E-state index in [1.54, 1.807) is 23.7 Å². The molecular formula is C9H9IN4S. The molecule has 0 aromatic carbocycles. The number of nitrogens with zero attached hydrogens (tertiary/aromatic N) is 3. The molecule has 2 aromatic heterocycles. The van der Waals surface area contributed by atoms with Crippen LogP contribution in [-0.4, -0.2) is 21.5 Å². The van der Waals surface area contributed by atoms with Gasteiger partial charge in [-0.05, 0) is 22.6 Å². The molecule has 0 unspecified atom stereocenters. The van der Waals surface area contributed by atoms with Gasteiger partial charge in [-0.3, -0.25) is 0 Å². The fourth-order valence-corrected chi connectivity index (χ4v) is 1.96. The molecule has 78 valence electrons. The lowest BCUT2D eigenvalue weighted by atomic mass is 10.4. The van der Waals surface area contributed by atoms with Gasteiger partial charge in [0.15, 0.2) is 0 Å². The predicted molar refractivity (Wildman–Crippen MR) is 69.1 cm³/mol. The highest BCUT2D eigenvalue weighted by molar-refractivity contribution is 14.1. The van der Waals surface area contributed by atoms with Gasteiger partial charge in [-0.2, -0.15) is 0 Å². The lowest BCUT2D eigenvalue weighted by molar-refractivity contribution is 0.967. The van der Waals surface area contributed by atoms with E-state index in [1.165, 1.54) is 0 Å². The first-order valence-corrected chi connectivity index (χ1v) is 6.40. The molecule has 0 saturated heterocycles. The van der Waals surface area contributed by atoms with Crippen molar-refractivity contribution in [3.8, 4) is 0 Å². The lowest BCUT2D eigenvalue weighted by Crippen LogP contribution is -2.07. The molecule has 1 N–H and O–H groups in total. The molecule has 0 amide bonds. The molecule has 0 spiro atoms. The Morgan fingerprint density at radius 2 is 2.07 bits per heavy atom. The Labute approximate surface area is 105 Å². The van der Waals surface area contributed by atoms with E-state index in [0.717, 1.165) is 21.5 Å². The summed E-state index contributed by atoms with van der Waals surface area (Å²) < 4.78 is 1.04. The van der Waals surface area contributed by atoms with E-state index in [-0.39, 0.29) is 0 Å². The van der Waals surface area contributed by atoms with Crippen LogP contribution in [0.25, 0.3) is 0 Å². The summed E-state index contributed by atoms with van der Waals surface area (Å²) in [5, 5.41) is 6.27. The molecule has 2 rings (SSSR count). The van der Waals surface area contributed by atoms with Gasteiger partial charge in [-0.25, -0.2) is 15.0 Å². The summed E-state index contributed by atoms with van der Waals surface area (Å²) in [4.78, 5) is 12.5. The maximum atomic E-state index is 4.20. The maximum absolute atomic E-state index is 4.20. The van der Waals surface area contributed by atoms with Crippen molar-refractivity contribution in [3.63, 3.8) is 0 Å². The van der Waals surface area contributed by atoms with Crippen LogP contribution in [0, 0.1) is 3.57 Å². The zero-order chi connectivity index (χ0) is 10.5. The zero-order valence-corrected chi connectivity index (χ0v) is 10.8. The first-order chi connectivity index (χ1) is 7.34. The monoisotopic (exact) mass is 332 g/mol. The van der Waals surface area contributed by atoms with Gasteiger partial charge < -0.3 is 5.32 Å². The standard InChI is InChI=1S/C9H9IN4S/c10-7-5-13-9(14-6-7)12-2-1-8-11-3-4-15-8/h3-6H,1-2H2,(H,12,13,14). The molecule has 15 heavy (non-hydrogen) atoms. The van der Waals surface area contributed by atoms with Crippen LogP contribution in [0.3, 0.4) is 0 Å². The number of hydrogen-bond acceptors (Lipinski definition) is 5. The molecule has 0 radical (unpaired) electrons. The molecule has 2 aromatic rings. The molecule has 0 fully saturated rings. The molecule has 0 aliphatic carbocycles. The maximum Gasteiger partial charge on any atom is 0.222 e. The average molecular weight is 332 g/mol. The third-order valence-electron chi connectivity index (χ3n) is 1.73. The van der Waals surface area contributed by atoms with Crippen LogP contribution in [-0.2, 0) is 6.42 Å². The van der Waals surface area contributed by atoms with Crippen LogP contribution in [0.15, 0.2) is 24.0 Å². The van der Waals surface area contributed by atoms with Gasteiger partial charge in [0.05, 0.1) is 5.01 Å². The fraction of sp³-hybridized carbons (Fsp3) is 0.222. The Kier molecular flexibility index (Phi) is 3.84. The van der Waals surface area contributed by atoms with Crippen LogP contribution in [0.1, 0.15) is 5.01 Å². The molecule has 6 heteroatoms. The van der Waals surface area contributed by atoms with Crippen molar-refractivity contribution < 1.29 is 0 Å². The van der Waals surface area contributed by atoms with Crippen LogP contribution in [0.2, 0.25) is 0 Å². The lowest BCUT2D eigenvalue weighted by Gasteiger charge is -2.02. The molecule has 0 bridgehead atoms. The molecule has 4 nitrogen and oxygen atoms in total. The van der Waals surface area contributed by atoms with Gasteiger partial charge in [0.2, 0.25) is 5.95 Å². The van der Waals surface area contributed by atoms with E-state index in [1.807, 2.05) is 11.6 Å². The average Bonchev–Trinajstić information content (AvgIpc) is 2.74. The van der Waals surface area contributed by atoms with E-state index < -0.39 is 0 Å². The van der Waals surface area contributed by atoms with Gasteiger partial charge >= 0.3 is 0 Å². The topological polar surface area (TPSA) is 50.7 Å². The second-order valence-electron chi connectivity index (χ2n) is 2.83. The molecular weight excluding hydrogens is 323 g/mol. The number of thiazole rings is 1. The van der Waals surface area contributed by atoms with E-state index in [9.17, 15) is 0 Å². The van der Waals surface area contributed by atoms with Crippen molar-refractivity contribution in [1.29, 1.82) is 0 Å². The molecule has 0 aliphatic heterocycles. The van der Waals surface area contributed by atoms with Crippen molar-refractivity contribution in [1.82, 2.24) is 15.0 Å². The minimum atomic E-state index is 0.673. The quantitative estimate of drug-likeness (QED) is 0.872. The van der Waals surface area contributed by atoms with Crippen molar-refractivity contribution >= 4 is 39.9 Å². The highest BCUT2D eigenvalue weighted by Gasteiger charge is 1.97. The van der Waals surface area contributed by atoms with Crippen LogP contribution >= 0.6 is 33.9 Å². The molecule has 0 atom stereocenters. The third-order valence-corrected chi connectivity index (χ3v) is 3.12. The van der Waals surface area contributed by atoms with Crippen LogP contribution < -0.4 is 5.32 Å². The first kappa shape index (κ1) is 10.7. The van der Waals surface area contributed by atoms with E-state index in [0.29, 0.717) is 5.95 Å². The number of anilines is 1. The second kappa shape index (κ2) is 5.36. The minimum Gasteiger partial charge on any atom is -0.354 e. The number of rotatable bonds is 4. The summed E-state index contributed by atoms with van der Waals surface area (Å²) in [6, 6.07) is 0. The summed E-state index contributed by atoms with van der Waals surface area (Å²) >= 11 is 3.85. The van der Waals surface area contributed by atoms with Gasteiger partial charge in [0.25, 0.3) is 0 Å². The third kappa shape index (κ3) is 3.38. The zero-order valence-electron chi connectivity index (χ0n) is 7.85. The normalized spacial score (nSPS) is 10.2.